The predicted octanol–water partition coefficient (Wildman–Crippen LogP) is 4.05. The Morgan fingerprint density at radius 3 is 2.59 bits per heavy atom. The molecule has 1 fully saturated rings. The van der Waals surface area contributed by atoms with Crippen LogP contribution in [0.1, 0.15) is 30.1 Å². The zero-order valence-electron chi connectivity index (χ0n) is 15.7. The number of rotatable bonds is 1. The van der Waals surface area contributed by atoms with E-state index in [1.807, 2.05) is 11.6 Å². The van der Waals surface area contributed by atoms with Gasteiger partial charge in [0.05, 0.1) is 22.0 Å². The van der Waals surface area contributed by atoms with E-state index in [-0.39, 0.29) is 11.5 Å². The lowest BCUT2D eigenvalue weighted by atomic mass is 9.97. The van der Waals surface area contributed by atoms with Crippen molar-refractivity contribution in [2.75, 3.05) is 13.1 Å². The van der Waals surface area contributed by atoms with E-state index in [2.05, 4.69) is 10.3 Å². The third-order valence-electron chi connectivity index (χ3n) is 5.92. The Bertz CT molecular complexity index is 1310. The highest BCUT2D eigenvalue weighted by Crippen LogP contribution is 2.39. The molecule has 3 heterocycles. The van der Waals surface area contributed by atoms with Crippen LogP contribution >= 0.6 is 0 Å². The van der Waals surface area contributed by atoms with Gasteiger partial charge in [0.1, 0.15) is 5.82 Å². The molecule has 0 saturated carbocycles. The minimum Gasteiger partial charge on any atom is -0.330 e. The summed E-state index contributed by atoms with van der Waals surface area (Å²) in [6.07, 6.45) is -1.06. The minimum absolute atomic E-state index is 0.228. The quantitative estimate of drug-likeness (QED) is 0.474. The van der Waals surface area contributed by atoms with Crippen LogP contribution in [0.5, 0.6) is 0 Å². The summed E-state index contributed by atoms with van der Waals surface area (Å²) in [7, 11) is 1.88. The van der Waals surface area contributed by atoms with E-state index < -0.39 is 11.7 Å². The van der Waals surface area contributed by atoms with Crippen molar-refractivity contribution >= 4 is 32.6 Å². The number of aromatic nitrogens is 3. The average Bonchev–Trinajstić information content (AvgIpc) is 3.05. The molecule has 2 N–H and O–H groups in total. The van der Waals surface area contributed by atoms with Gasteiger partial charge in [-0.25, -0.2) is 4.98 Å². The van der Waals surface area contributed by atoms with Gasteiger partial charge in [-0.2, -0.15) is 13.2 Å². The minimum atomic E-state index is -4.47. The first-order valence-electron chi connectivity index (χ1n) is 9.57. The maximum atomic E-state index is 13.4. The summed E-state index contributed by atoms with van der Waals surface area (Å²) in [4.78, 5) is 20.1. The molecule has 1 saturated heterocycles. The molecule has 150 valence electrons. The first-order valence-corrected chi connectivity index (χ1v) is 9.57. The summed E-state index contributed by atoms with van der Waals surface area (Å²) in [6.45, 7) is 1.76. The molecule has 2 aromatic heterocycles. The monoisotopic (exact) mass is 400 g/mol. The summed E-state index contributed by atoms with van der Waals surface area (Å²) in [5.74, 6) is 1.08. The van der Waals surface area contributed by atoms with Gasteiger partial charge in [0.15, 0.2) is 0 Å². The Morgan fingerprint density at radius 2 is 1.86 bits per heavy atom. The van der Waals surface area contributed by atoms with Crippen LogP contribution in [0, 0.1) is 0 Å². The molecule has 0 amide bonds. The van der Waals surface area contributed by atoms with Crippen molar-refractivity contribution < 1.29 is 13.2 Å². The Hall–Kier alpha value is -2.87. The molecule has 29 heavy (non-hydrogen) atoms. The summed E-state index contributed by atoms with van der Waals surface area (Å²) in [6, 6.07) is 5.32. The first kappa shape index (κ1) is 18.2. The van der Waals surface area contributed by atoms with Crippen LogP contribution in [-0.4, -0.2) is 27.6 Å². The molecule has 5 nitrogen and oxygen atoms in total. The number of halogens is 3. The Morgan fingerprint density at radius 1 is 1.10 bits per heavy atom. The van der Waals surface area contributed by atoms with Crippen molar-refractivity contribution in [1.29, 1.82) is 0 Å². The third-order valence-corrected chi connectivity index (χ3v) is 5.92. The number of H-pyrrole nitrogens is 1. The van der Waals surface area contributed by atoms with E-state index in [0.717, 1.165) is 43.9 Å². The van der Waals surface area contributed by atoms with Gasteiger partial charge in [0.2, 0.25) is 0 Å². The average molecular weight is 400 g/mol. The molecule has 8 heteroatoms. The molecular weight excluding hydrogens is 381 g/mol. The van der Waals surface area contributed by atoms with E-state index in [9.17, 15) is 18.0 Å². The van der Waals surface area contributed by atoms with Crippen LogP contribution in [0.2, 0.25) is 0 Å². The smallest absolute Gasteiger partial charge is 0.330 e. The van der Waals surface area contributed by atoms with Crippen LogP contribution in [0.25, 0.3) is 32.6 Å². The molecule has 4 aromatic rings. The van der Waals surface area contributed by atoms with Gasteiger partial charge in [-0.3, -0.25) is 4.79 Å². The van der Waals surface area contributed by atoms with Gasteiger partial charge in [-0.1, -0.05) is 6.07 Å². The van der Waals surface area contributed by atoms with Crippen LogP contribution in [0.4, 0.5) is 13.2 Å². The Balaban J connectivity index is 1.94. The van der Waals surface area contributed by atoms with Gasteiger partial charge < -0.3 is 14.9 Å². The number of aromatic amines is 1. The number of alkyl halides is 3. The molecule has 1 aliphatic rings. The number of hydrogen-bond acceptors (Lipinski definition) is 3. The van der Waals surface area contributed by atoms with E-state index in [1.54, 1.807) is 12.3 Å². The summed E-state index contributed by atoms with van der Waals surface area (Å²) >= 11 is 0. The van der Waals surface area contributed by atoms with Gasteiger partial charge >= 0.3 is 6.18 Å². The molecule has 0 spiro atoms. The largest absolute Gasteiger partial charge is 0.416 e. The second-order valence-corrected chi connectivity index (χ2v) is 7.60. The van der Waals surface area contributed by atoms with Crippen molar-refractivity contribution in [3.8, 4) is 0 Å². The summed E-state index contributed by atoms with van der Waals surface area (Å²) in [5.41, 5.74) is 0.151. The molecular formula is C21H19F3N4O. The SMILES string of the molecule is Cn1c(C2CCNCC2)nc2c3cc(C(F)(F)F)ccc3c3c(=O)[nH]ccc3c21. The number of nitrogens with one attached hydrogen (secondary N) is 2. The highest BCUT2D eigenvalue weighted by Gasteiger charge is 2.31. The van der Waals surface area contributed by atoms with E-state index >= 15 is 0 Å². The maximum Gasteiger partial charge on any atom is 0.416 e. The van der Waals surface area contributed by atoms with Crippen molar-refractivity contribution in [3.63, 3.8) is 0 Å². The van der Waals surface area contributed by atoms with Crippen molar-refractivity contribution in [2.45, 2.75) is 24.9 Å². The second-order valence-electron chi connectivity index (χ2n) is 7.60. The molecule has 1 aliphatic heterocycles. The topological polar surface area (TPSA) is 62.7 Å². The lowest BCUT2D eigenvalue weighted by Gasteiger charge is -2.22. The standard InChI is InChI=1S/C21H19F3N4O/c1-28-18-14-6-9-26-20(29)16(14)13-3-2-12(21(22,23)24)10-15(13)17(18)27-19(28)11-4-7-25-8-5-11/h2-3,6,9-11,25H,4-5,7-8H2,1H3,(H,26,29). The molecule has 2 aromatic carbocycles. The fourth-order valence-corrected chi connectivity index (χ4v) is 4.53. The Labute approximate surface area is 163 Å². The maximum absolute atomic E-state index is 13.4. The number of nitrogens with zero attached hydrogens (tertiary/aromatic N) is 2. The lowest BCUT2D eigenvalue weighted by Crippen LogP contribution is -2.27. The predicted molar refractivity (Wildman–Crippen MR) is 106 cm³/mol. The van der Waals surface area contributed by atoms with Crippen LogP contribution in [-0.2, 0) is 13.2 Å². The third kappa shape index (κ3) is 2.73. The van der Waals surface area contributed by atoms with Crippen molar-refractivity contribution in [1.82, 2.24) is 19.9 Å². The molecule has 0 unspecified atom stereocenters. The van der Waals surface area contributed by atoms with Crippen LogP contribution in [0.15, 0.2) is 35.3 Å². The lowest BCUT2D eigenvalue weighted by molar-refractivity contribution is -0.137. The molecule has 0 aliphatic carbocycles. The molecule has 0 bridgehead atoms. The Kier molecular flexibility index (Phi) is 3.96. The zero-order valence-corrected chi connectivity index (χ0v) is 15.7. The second kappa shape index (κ2) is 6.32. The fraction of sp³-hybridized carbons (Fsp3) is 0.333. The highest BCUT2D eigenvalue weighted by molar-refractivity contribution is 6.23. The van der Waals surface area contributed by atoms with E-state index in [4.69, 9.17) is 4.98 Å². The summed E-state index contributed by atoms with van der Waals surface area (Å²) < 4.78 is 42.1. The number of hydrogen-bond donors (Lipinski definition) is 2. The van der Waals surface area contributed by atoms with Crippen LogP contribution < -0.4 is 10.9 Å². The van der Waals surface area contributed by atoms with Gasteiger partial charge in [-0.15, -0.1) is 0 Å². The fourth-order valence-electron chi connectivity index (χ4n) is 4.53. The zero-order chi connectivity index (χ0) is 20.3. The molecule has 0 radical (unpaired) electrons. The highest BCUT2D eigenvalue weighted by atomic mass is 19.4. The number of aryl methyl sites for hydroxylation is 1. The number of fused-ring (bicyclic) bond motifs is 6. The van der Waals surface area contributed by atoms with E-state index in [0.29, 0.717) is 32.6 Å². The van der Waals surface area contributed by atoms with Gasteiger partial charge in [-0.05, 0) is 49.5 Å². The number of benzene rings is 2. The van der Waals surface area contributed by atoms with Gasteiger partial charge in [0.25, 0.3) is 5.56 Å². The first-order chi connectivity index (χ1) is 13.9. The summed E-state index contributed by atoms with van der Waals surface area (Å²) in [5, 5.41) is 5.25. The van der Waals surface area contributed by atoms with Gasteiger partial charge in [0, 0.05) is 29.9 Å². The van der Waals surface area contributed by atoms with Crippen LogP contribution in [0.3, 0.4) is 0 Å². The van der Waals surface area contributed by atoms with Crippen molar-refractivity contribution in [3.05, 3.63) is 52.2 Å². The number of imidazole rings is 1. The molecule has 0 atom stereocenters. The molecule has 5 rings (SSSR count). The normalized spacial score (nSPS) is 16.3. The number of pyridine rings is 1. The van der Waals surface area contributed by atoms with E-state index in [1.165, 1.54) is 6.07 Å². The van der Waals surface area contributed by atoms with Crippen molar-refractivity contribution in [2.24, 2.45) is 7.05 Å². The number of piperidine rings is 1.